The molecule has 1 fully saturated rings. The number of hydrogen-bond acceptors (Lipinski definition) is 3. The van der Waals surface area contributed by atoms with Gasteiger partial charge in [-0.15, -0.1) is 12.4 Å². The Bertz CT molecular complexity index is 567. The summed E-state index contributed by atoms with van der Waals surface area (Å²) in [5.41, 5.74) is 6.06. The molecular formula is C17H25ClFN3O2. The van der Waals surface area contributed by atoms with E-state index in [0.717, 1.165) is 12.8 Å². The number of rotatable bonds is 4. The van der Waals surface area contributed by atoms with Crippen LogP contribution in [0, 0.1) is 11.7 Å². The fourth-order valence-electron chi connectivity index (χ4n) is 2.80. The van der Waals surface area contributed by atoms with Crippen LogP contribution in [0.5, 0.6) is 0 Å². The molecule has 2 N–H and O–H groups in total. The Hall–Kier alpha value is -1.66. The second-order valence-electron chi connectivity index (χ2n) is 6.13. The van der Waals surface area contributed by atoms with Crippen molar-refractivity contribution in [3.8, 4) is 0 Å². The first-order valence-corrected chi connectivity index (χ1v) is 7.95. The summed E-state index contributed by atoms with van der Waals surface area (Å²) >= 11 is 0. The fourth-order valence-corrected chi connectivity index (χ4v) is 2.80. The molecule has 0 saturated carbocycles. The standard InChI is InChI=1S/C17H24FN3O2.ClH/c1-12(10-19)20(2)16(22)14-4-3-9-21(11-14)17(23)13-5-7-15(18)8-6-13;/h5-8,12,14H,3-4,9-11,19H2,1-2H3;1H. The monoisotopic (exact) mass is 357 g/mol. The van der Waals surface area contributed by atoms with Crippen molar-refractivity contribution in [2.45, 2.75) is 25.8 Å². The molecule has 2 amide bonds. The highest BCUT2D eigenvalue weighted by molar-refractivity contribution is 5.94. The maximum Gasteiger partial charge on any atom is 0.253 e. The maximum atomic E-state index is 13.0. The third kappa shape index (κ3) is 4.68. The van der Waals surface area contributed by atoms with Crippen LogP contribution in [0.2, 0.25) is 0 Å². The van der Waals surface area contributed by atoms with Gasteiger partial charge in [0.1, 0.15) is 5.82 Å². The Morgan fingerprint density at radius 1 is 1.38 bits per heavy atom. The number of likely N-dealkylation sites (N-methyl/N-ethyl adjacent to an activating group) is 1. The first-order chi connectivity index (χ1) is 10.9. The average molecular weight is 358 g/mol. The van der Waals surface area contributed by atoms with Crippen LogP contribution < -0.4 is 5.73 Å². The molecule has 1 aliphatic rings. The first kappa shape index (κ1) is 20.4. The molecule has 1 aliphatic heterocycles. The summed E-state index contributed by atoms with van der Waals surface area (Å²) in [7, 11) is 1.75. The topological polar surface area (TPSA) is 66.6 Å². The fraction of sp³-hybridized carbons (Fsp3) is 0.529. The number of piperidine rings is 1. The SMILES string of the molecule is CC(CN)N(C)C(=O)C1CCCN(C(=O)c2ccc(F)cc2)C1.Cl. The second-order valence-corrected chi connectivity index (χ2v) is 6.13. The summed E-state index contributed by atoms with van der Waals surface area (Å²) in [6.45, 7) is 3.34. The molecule has 134 valence electrons. The zero-order valence-electron chi connectivity index (χ0n) is 14.1. The van der Waals surface area contributed by atoms with Gasteiger partial charge in [-0.2, -0.15) is 0 Å². The lowest BCUT2D eigenvalue weighted by atomic mass is 9.95. The molecular weight excluding hydrogens is 333 g/mol. The molecule has 1 aromatic carbocycles. The van der Waals surface area contributed by atoms with Gasteiger partial charge < -0.3 is 15.5 Å². The lowest BCUT2D eigenvalue weighted by Crippen LogP contribution is -2.49. The molecule has 0 aliphatic carbocycles. The van der Waals surface area contributed by atoms with Crippen molar-refractivity contribution in [3.63, 3.8) is 0 Å². The molecule has 7 heteroatoms. The summed E-state index contributed by atoms with van der Waals surface area (Å²) in [5.74, 6) is -0.700. The third-order valence-electron chi connectivity index (χ3n) is 4.50. The van der Waals surface area contributed by atoms with E-state index in [-0.39, 0.29) is 42.0 Å². The van der Waals surface area contributed by atoms with E-state index in [1.54, 1.807) is 16.8 Å². The lowest BCUT2D eigenvalue weighted by molar-refractivity contribution is -0.137. The summed E-state index contributed by atoms with van der Waals surface area (Å²) in [5, 5.41) is 0. The van der Waals surface area contributed by atoms with Crippen LogP contribution in [0.15, 0.2) is 24.3 Å². The lowest BCUT2D eigenvalue weighted by Gasteiger charge is -2.35. The number of benzene rings is 1. The van der Waals surface area contributed by atoms with Crippen LogP contribution in [0.25, 0.3) is 0 Å². The van der Waals surface area contributed by atoms with E-state index in [4.69, 9.17) is 5.73 Å². The number of amides is 2. The Balaban J connectivity index is 0.00000288. The summed E-state index contributed by atoms with van der Waals surface area (Å²) in [6, 6.07) is 5.48. The molecule has 0 radical (unpaired) electrons. The molecule has 2 rings (SSSR count). The van der Waals surface area contributed by atoms with Crippen molar-refractivity contribution in [2.24, 2.45) is 11.7 Å². The van der Waals surface area contributed by atoms with Gasteiger partial charge in [0.25, 0.3) is 5.91 Å². The number of carbonyl (C=O) groups is 2. The Morgan fingerprint density at radius 2 is 2.00 bits per heavy atom. The van der Waals surface area contributed by atoms with Crippen LogP contribution in [0.4, 0.5) is 4.39 Å². The number of likely N-dealkylation sites (tertiary alicyclic amines) is 1. The minimum atomic E-state index is -0.370. The maximum absolute atomic E-state index is 13.0. The van der Waals surface area contributed by atoms with Gasteiger partial charge in [0.05, 0.1) is 5.92 Å². The van der Waals surface area contributed by atoms with Crippen LogP contribution in [-0.4, -0.2) is 54.3 Å². The minimum absolute atomic E-state index is 0. The largest absolute Gasteiger partial charge is 0.341 e. The zero-order valence-corrected chi connectivity index (χ0v) is 14.9. The number of halogens is 2. The van der Waals surface area contributed by atoms with E-state index >= 15 is 0 Å². The molecule has 5 nitrogen and oxygen atoms in total. The minimum Gasteiger partial charge on any atom is -0.341 e. The van der Waals surface area contributed by atoms with Crippen molar-refractivity contribution in [1.29, 1.82) is 0 Å². The van der Waals surface area contributed by atoms with E-state index in [2.05, 4.69) is 0 Å². The van der Waals surface area contributed by atoms with E-state index in [1.807, 2.05) is 6.92 Å². The predicted octanol–water partition coefficient (Wildman–Crippen LogP) is 1.91. The van der Waals surface area contributed by atoms with Gasteiger partial charge in [0.2, 0.25) is 5.91 Å². The molecule has 0 aromatic heterocycles. The first-order valence-electron chi connectivity index (χ1n) is 7.95. The van der Waals surface area contributed by atoms with Crippen molar-refractivity contribution in [1.82, 2.24) is 9.80 Å². The van der Waals surface area contributed by atoms with E-state index < -0.39 is 0 Å². The van der Waals surface area contributed by atoms with Crippen LogP contribution in [0.1, 0.15) is 30.1 Å². The summed E-state index contributed by atoms with van der Waals surface area (Å²) in [4.78, 5) is 28.4. The van der Waals surface area contributed by atoms with Gasteiger partial charge in [-0.3, -0.25) is 9.59 Å². The molecule has 1 heterocycles. The van der Waals surface area contributed by atoms with Crippen LogP contribution in [-0.2, 0) is 4.79 Å². The highest BCUT2D eigenvalue weighted by Crippen LogP contribution is 2.21. The Kier molecular flexibility index (Phi) is 7.63. The summed E-state index contributed by atoms with van der Waals surface area (Å²) in [6.07, 6.45) is 1.56. The smallest absolute Gasteiger partial charge is 0.253 e. The van der Waals surface area contributed by atoms with E-state index in [9.17, 15) is 14.0 Å². The number of carbonyl (C=O) groups excluding carboxylic acids is 2. The van der Waals surface area contributed by atoms with Gasteiger partial charge >= 0.3 is 0 Å². The second kappa shape index (κ2) is 8.99. The van der Waals surface area contributed by atoms with Gasteiger partial charge in [-0.1, -0.05) is 0 Å². The van der Waals surface area contributed by atoms with Gasteiger partial charge in [-0.05, 0) is 44.0 Å². The van der Waals surface area contributed by atoms with Gasteiger partial charge in [-0.25, -0.2) is 4.39 Å². The predicted molar refractivity (Wildman–Crippen MR) is 93.6 cm³/mol. The van der Waals surface area contributed by atoms with Crippen molar-refractivity contribution < 1.29 is 14.0 Å². The highest BCUT2D eigenvalue weighted by Gasteiger charge is 2.31. The molecule has 1 saturated heterocycles. The quantitative estimate of drug-likeness (QED) is 0.895. The molecule has 1 aromatic rings. The normalized spacial score (nSPS) is 18.5. The Labute approximate surface area is 148 Å². The van der Waals surface area contributed by atoms with Crippen LogP contribution >= 0.6 is 12.4 Å². The van der Waals surface area contributed by atoms with Gasteiger partial charge in [0, 0.05) is 38.3 Å². The molecule has 24 heavy (non-hydrogen) atoms. The Morgan fingerprint density at radius 3 is 2.58 bits per heavy atom. The highest BCUT2D eigenvalue weighted by atomic mass is 35.5. The van der Waals surface area contributed by atoms with Crippen molar-refractivity contribution >= 4 is 24.2 Å². The molecule has 2 atom stereocenters. The summed E-state index contributed by atoms with van der Waals surface area (Å²) < 4.78 is 13.0. The molecule has 2 unspecified atom stereocenters. The van der Waals surface area contributed by atoms with Crippen molar-refractivity contribution in [3.05, 3.63) is 35.6 Å². The molecule has 0 bridgehead atoms. The third-order valence-corrected chi connectivity index (χ3v) is 4.50. The van der Waals surface area contributed by atoms with Crippen LogP contribution in [0.3, 0.4) is 0 Å². The van der Waals surface area contributed by atoms with Crippen molar-refractivity contribution in [2.75, 3.05) is 26.7 Å². The number of nitrogens with two attached hydrogens (primary N) is 1. The average Bonchev–Trinajstić information content (AvgIpc) is 2.59. The van der Waals surface area contributed by atoms with Gasteiger partial charge in [0.15, 0.2) is 0 Å². The van der Waals surface area contributed by atoms with E-state index in [1.165, 1.54) is 24.3 Å². The molecule has 0 spiro atoms. The number of hydrogen-bond donors (Lipinski definition) is 1. The zero-order chi connectivity index (χ0) is 17.0. The number of nitrogens with zero attached hydrogens (tertiary/aromatic N) is 2. The van der Waals surface area contributed by atoms with E-state index in [0.29, 0.717) is 25.2 Å².